The fourth-order valence-electron chi connectivity index (χ4n) is 2.55. The molecule has 1 unspecified atom stereocenters. The fraction of sp³-hybridized carbons (Fsp3) is 0.385. The molecule has 0 saturated heterocycles. The average Bonchev–Trinajstić information content (AvgIpc) is 3.19. The third-order valence-electron chi connectivity index (χ3n) is 3.87. The van der Waals surface area contributed by atoms with Gasteiger partial charge in [0.2, 0.25) is 0 Å². The van der Waals surface area contributed by atoms with Crippen LogP contribution in [0.2, 0.25) is 0 Å². The predicted molar refractivity (Wildman–Crippen MR) is 68.9 cm³/mol. The van der Waals surface area contributed by atoms with Gasteiger partial charge in [-0.05, 0) is 43.9 Å². The highest BCUT2D eigenvalue weighted by Gasteiger charge is 2.47. The lowest BCUT2D eigenvalue weighted by Gasteiger charge is -2.22. The normalized spacial score (nSPS) is 21.6. The zero-order chi connectivity index (χ0) is 14.7. The SMILES string of the molecule is CC(C1CC1)N1C(=O)c2ccc(C(=O)O)cc2S1(=O)=O. The van der Waals surface area contributed by atoms with Crippen molar-refractivity contribution in [1.29, 1.82) is 0 Å². The van der Waals surface area contributed by atoms with Crippen LogP contribution >= 0.6 is 0 Å². The van der Waals surface area contributed by atoms with Gasteiger partial charge in [-0.1, -0.05) is 0 Å². The molecule has 1 aliphatic heterocycles. The monoisotopic (exact) mass is 295 g/mol. The Bertz CT molecular complexity index is 720. The van der Waals surface area contributed by atoms with Crippen molar-refractivity contribution in [3.8, 4) is 0 Å². The second-order valence-electron chi connectivity index (χ2n) is 5.20. The van der Waals surface area contributed by atoms with Crippen molar-refractivity contribution in [3.63, 3.8) is 0 Å². The molecule has 20 heavy (non-hydrogen) atoms. The highest BCUT2D eigenvalue weighted by molar-refractivity contribution is 7.90. The molecule has 0 aromatic heterocycles. The van der Waals surface area contributed by atoms with Crippen LogP contribution in [0.1, 0.15) is 40.5 Å². The van der Waals surface area contributed by atoms with Crippen molar-refractivity contribution in [3.05, 3.63) is 29.3 Å². The summed E-state index contributed by atoms with van der Waals surface area (Å²) in [5, 5.41) is 8.93. The third kappa shape index (κ3) is 1.73. The number of sulfonamides is 1. The second-order valence-corrected chi connectivity index (χ2v) is 6.98. The zero-order valence-electron chi connectivity index (χ0n) is 10.7. The number of hydrogen-bond acceptors (Lipinski definition) is 4. The van der Waals surface area contributed by atoms with Gasteiger partial charge in [0.1, 0.15) is 4.90 Å². The van der Waals surface area contributed by atoms with Gasteiger partial charge in [0.05, 0.1) is 11.1 Å². The summed E-state index contributed by atoms with van der Waals surface area (Å²) in [5.41, 5.74) is -0.0800. The number of aromatic carboxylic acids is 1. The highest BCUT2D eigenvalue weighted by Crippen LogP contribution is 2.41. The smallest absolute Gasteiger partial charge is 0.335 e. The maximum atomic E-state index is 12.5. The van der Waals surface area contributed by atoms with Crippen LogP contribution in [0.5, 0.6) is 0 Å². The molecule has 1 heterocycles. The fourth-order valence-corrected chi connectivity index (χ4v) is 4.40. The van der Waals surface area contributed by atoms with E-state index in [4.69, 9.17) is 5.11 Å². The number of carbonyl (C=O) groups is 2. The number of nitrogens with zero attached hydrogens (tertiary/aromatic N) is 1. The summed E-state index contributed by atoms with van der Waals surface area (Å²) in [5.74, 6) is -1.57. The van der Waals surface area contributed by atoms with Crippen molar-refractivity contribution in [2.45, 2.75) is 30.7 Å². The molecule has 1 aromatic carbocycles. The van der Waals surface area contributed by atoms with E-state index in [1.165, 1.54) is 12.1 Å². The summed E-state index contributed by atoms with van der Waals surface area (Å²) in [7, 11) is -3.94. The molecule has 1 aromatic rings. The first-order chi connectivity index (χ1) is 9.34. The summed E-state index contributed by atoms with van der Waals surface area (Å²) < 4.78 is 25.8. The van der Waals surface area contributed by atoms with Crippen molar-refractivity contribution < 1.29 is 23.1 Å². The number of benzene rings is 1. The number of hydrogen-bond donors (Lipinski definition) is 1. The molecule has 106 valence electrons. The molecule has 6 nitrogen and oxygen atoms in total. The summed E-state index contributed by atoms with van der Waals surface area (Å²) >= 11 is 0. The Balaban J connectivity index is 2.12. The molecule has 1 fully saturated rings. The molecule has 0 bridgehead atoms. The Labute approximate surface area is 116 Å². The summed E-state index contributed by atoms with van der Waals surface area (Å²) in [4.78, 5) is 23.0. The lowest BCUT2D eigenvalue weighted by Crippen LogP contribution is -2.39. The van der Waals surface area contributed by atoms with E-state index in [0.29, 0.717) is 0 Å². The van der Waals surface area contributed by atoms with Crippen molar-refractivity contribution in [2.24, 2.45) is 5.92 Å². The Morgan fingerprint density at radius 1 is 1.40 bits per heavy atom. The summed E-state index contributed by atoms with van der Waals surface area (Å²) in [6, 6.07) is 3.20. The lowest BCUT2D eigenvalue weighted by atomic mass is 10.1. The van der Waals surface area contributed by atoms with E-state index in [2.05, 4.69) is 0 Å². The number of carboxylic acid groups (broad SMARTS) is 1. The van der Waals surface area contributed by atoms with Crippen LogP contribution in [-0.2, 0) is 10.0 Å². The molecule has 7 heteroatoms. The minimum absolute atomic E-state index is 0.0579. The Morgan fingerprint density at radius 2 is 2.05 bits per heavy atom. The van der Waals surface area contributed by atoms with E-state index in [0.717, 1.165) is 23.2 Å². The first-order valence-corrected chi connectivity index (χ1v) is 7.74. The third-order valence-corrected chi connectivity index (χ3v) is 5.78. The number of fused-ring (bicyclic) bond motifs is 1. The topological polar surface area (TPSA) is 91.8 Å². The van der Waals surface area contributed by atoms with E-state index >= 15 is 0 Å². The lowest BCUT2D eigenvalue weighted by molar-refractivity contribution is 0.0695. The van der Waals surface area contributed by atoms with Gasteiger partial charge < -0.3 is 5.11 Å². The number of carboxylic acids is 1. The quantitative estimate of drug-likeness (QED) is 0.908. The number of amides is 1. The maximum Gasteiger partial charge on any atom is 0.335 e. The molecule has 0 radical (unpaired) electrons. The molecule has 1 aliphatic carbocycles. The van der Waals surface area contributed by atoms with Gasteiger partial charge in [-0.25, -0.2) is 17.5 Å². The Hall–Kier alpha value is -1.89. The van der Waals surface area contributed by atoms with Crippen LogP contribution in [-0.4, -0.2) is 35.7 Å². The molecule has 1 amide bonds. The summed E-state index contributed by atoms with van der Waals surface area (Å²) in [6.07, 6.45) is 1.83. The zero-order valence-corrected chi connectivity index (χ0v) is 11.6. The van der Waals surface area contributed by atoms with E-state index in [9.17, 15) is 18.0 Å². The molecular weight excluding hydrogens is 282 g/mol. The predicted octanol–water partition coefficient (Wildman–Crippen LogP) is 1.33. The second kappa shape index (κ2) is 4.05. The highest BCUT2D eigenvalue weighted by atomic mass is 32.2. The van der Waals surface area contributed by atoms with E-state index < -0.39 is 21.9 Å². The molecule has 1 N–H and O–H groups in total. The first-order valence-electron chi connectivity index (χ1n) is 6.30. The standard InChI is InChI=1S/C13H13NO5S/c1-7(8-2-3-8)14-12(15)10-5-4-9(13(16)17)6-11(10)20(14,18)19/h4-8H,2-3H2,1H3,(H,16,17). The van der Waals surface area contributed by atoms with Gasteiger partial charge >= 0.3 is 5.97 Å². The van der Waals surface area contributed by atoms with Crippen molar-refractivity contribution in [1.82, 2.24) is 4.31 Å². The van der Waals surface area contributed by atoms with Crippen molar-refractivity contribution in [2.75, 3.05) is 0 Å². The molecule has 0 spiro atoms. The van der Waals surface area contributed by atoms with Gasteiger partial charge in [-0.15, -0.1) is 0 Å². The van der Waals surface area contributed by atoms with Gasteiger partial charge in [0.25, 0.3) is 15.9 Å². The molecule has 3 rings (SSSR count). The molecule has 1 atom stereocenters. The molecule has 1 saturated carbocycles. The maximum absolute atomic E-state index is 12.5. The van der Waals surface area contributed by atoms with Crippen LogP contribution in [0.15, 0.2) is 23.1 Å². The van der Waals surface area contributed by atoms with Gasteiger partial charge in [-0.3, -0.25) is 4.79 Å². The Kier molecular flexibility index (Phi) is 2.66. The van der Waals surface area contributed by atoms with Gasteiger partial charge in [-0.2, -0.15) is 0 Å². The van der Waals surface area contributed by atoms with Crippen LogP contribution < -0.4 is 0 Å². The van der Waals surface area contributed by atoms with E-state index in [1.54, 1.807) is 6.92 Å². The Morgan fingerprint density at radius 3 is 2.60 bits per heavy atom. The minimum Gasteiger partial charge on any atom is -0.478 e. The van der Waals surface area contributed by atoms with E-state index in [-0.39, 0.29) is 28.0 Å². The van der Waals surface area contributed by atoms with Gasteiger partial charge in [0, 0.05) is 6.04 Å². The molecular formula is C13H13NO5S. The van der Waals surface area contributed by atoms with Crippen LogP contribution in [0.25, 0.3) is 0 Å². The van der Waals surface area contributed by atoms with Crippen LogP contribution in [0.4, 0.5) is 0 Å². The minimum atomic E-state index is -3.94. The van der Waals surface area contributed by atoms with Gasteiger partial charge in [0.15, 0.2) is 0 Å². The molecule has 2 aliphatic rings. The number of carbonyl (C=O) groups excluding carboxylic acids is 1. The summed E-state index contributed by atoms with van der Waals surface area (Å²) in [6.45, 7) is 1.72. The number of rotatable bonds is 3. The largest absolute Gasteiger partial charge is 0.478 e. The van der Waals surface area contributed by atoms with Crippen LogP contribution in [0.3, 0.4) is 0 Å². The average molecular weight is 295 g/mol. The van der Waals surface area contributed by atoms with E-state index in [1.807, 2.05) is 0 Å². The van der Waals surface area contributed by atoms with Crippen molar-refractivity contribution >= 4 is 21.9 Å². The first kappa shape index (κ1) is 13.1. The van der Waals surface area contributed by atoms with Crippen LogP contribution in [0, 0.1) is 5.92 Å².